The minimum Gasteiger partial charge on any atom is -0.483 e. The SMILES string of the molecule is C[Si](C)(C)[Co+2][C]1=CC=CC1.O=C([O-])OC(=O)[O-]. The van der Waals surface area contributed by atoms with Gasteiger partial charge in [0.05, 0.1) is 0 Å². The zero-order chi connectivity index (χ0) is 13.5. The topological polar surface area (TPSA) is 89.5 Å². The normalized spacial score (nSPS) is 13.5. The fourth-order valence-corrected chi connectivity index (χ4v) is 5.44. The summed E-state index contributed by atoms with van der Waals surface area (Å²) in [6, 6.07) is 0. The quantitative estimate of drug-likeness (QED) is 0.419. The smallest absolute Gasteiger partial charge is 0.259 e. The first-order chi connectivity index (χ1) is 7.70. The maximum atomic E-state index is 9.06. The van der Waals surface area contributed by atoms with Gasteiger partial charge in [-0.25, -0.2) is 0 Å². The van der Waals surface area contributed by atoms with E-state index in [9.17, 15) is 0 Å². The first-order valence-corrected chi connectivity index (χ1v) is 10.2. The van der Waals surface area contributed by atoms with Crippen molar-refractivity contribution in [2.45, 2.75) is 26.1 Å². The van der Waals surface area contributed by atoms with E-state index < -0.39 is 19.0 Å². The third-order valence-electron chi connectivity index (χ3n) is 1.23. The zero-order valence-corrected chi connectivity index (χ0v) is 11.9. The Kier molecular flexibility index (Phi) is 6.85. The van der Waals surface area contributed by atoms with Gasteiger partial charge in [-0.15, -0.1) is 0 Å². The van der Waals surface area contributed by atoms with E-state index in [1.54, 1.807) is 18.6 Å². The molecule has 5 nitrogen and oxygen atoms in total. The summed E-state index contributed by atoms with van der Waals surface area (Å²) in [5.74, 6) is 0. The van der Waals surface area contributed by atoms with Crippen LogP contribution >= 0.6 is 0 Å². The number of hydrogen-bond donors (Lipinski definition) is 0. The molecule has 0 amide bonds. The maximum absolute atomic E-state index is 9.06. The molecule has 0 aromatic rings. The summed E-state index contributed by atoms with van der Waals surface area (Å²) in [5.41, 5.74) is 0. The number of carbonyl (C=O) groups is 2. The monoisotopic (exact) mass is 301 g/mol. The Hall–Kier alpha value is -1.06. The van der Waals surface area contributed by atoms with Crippen molar-refractivity contribution in [3.8, 4) is 0 Å². The van der Waals surface area contributed by atoms with Gasteiger partial charge in [0.1, 0.15) is 0 Å². The van der Waals surface area contributed by atoms with E-state index in [4.69, 9.17) is 19.8 Å². The van der Waals surface area contributed by atoms with Crippen molar-refractivity contribution >= 4 is 19.0 Å². The van der Waals surface area contributed by atoms with Crippen LogP contribution in [0, 0.1) is 0 Å². The van der Waals surface area contributed by atoms with E-state index in [0.717, 1.165) is 0 Å². The van der Waals surface area contributed by atoms with E-state index in [2.05, 4.69) is 42.6 Å². The summed E-state index contributed by atoms with van der Waals surface area (Å²) in [7, 11) is 0. The van der Waals surface area contributed by atoms with Crippen LogP contribution in [0.1, 0.15) is 6.42 Å². The van der Waals surface area contributed by atoms with Gasteiger partial charge in [0.15, 0.2) is 0 Å². The van der Waals surface area contributed by atoms with Gasteiger partial charge in [0.2, 0.25) is 0 Å². The molecule has 0 fully saturated rings. The average molecular weight is 301 g/mol. The molecule has 0 radical (unpaired) electrons. The number of allylic oxidation sites excluding steroid dienone is 4. The van der Waals surface area contributed by atoms with E-state index in [0.29, 0.717) is 0 Å². The molecule has 0 saturated carbocycles. The van der Waals surface area contributed by atoms with Crippen molar-refractivity contribution in [3.63, 3.8) is 0 Å². The molecule has 0 aromatic heterocycles. The predicted molar refractivity (Wildman–Crippen MR) is 57.1 cm³/mol. The van der Waals surface area contributed by atoms with Crippen LogP contribution in [0.25, 0.3) is 0 Å². The van der Waals surface area contributed by atoms with E-state index in [1.807, 2.05) is 0 Å². The molecule has 0 spiro atoms. The average Bonchev–Trinajstić information content (AvgIpc) is 2.51. The summed E-state index contributed by atoms with van der Waals surface area (Å²) >= 11 is 1.65. The van der Waals surface area contributed by atoms with Gasteiger partial charge in [0.25, 0.3) is 12.3 Å². The molecule has 7 heteroatoms. The Morgan fingerprint density at radius 2 is 1.82 bits per heavy atom. The fraction of sp³-hybridized carbons (Fsp3) is 0.400. The summed E-state index contributed by atoms with van der Waals surface area (Å²) in [6.07, 6.45) is 3.62. The number of carboxylic acid groups (broad SMARTS) is 2. The molecule has 0 saturated heterocycles. The summed E-state index contributed by atoms with van der Waals surface area (Å²) in [6.45, 7) is 6.36. The van der Waals surface area contributed by atoms with Crippen LogP contribution in [-0.2, 0) is 18.8 Å². The minimum absolute atomic E-state index is 0.862. The third-order valence-corrected chi connectivity index (χ3v) is 5.68. The summed E-state index contributed by atoms with van der Waals surface area (Å²) < 4.78 is 4.47. The largest absolute Gasteiger partial charge is 0.483 e. The molecule has 17 heavy (non-hydrogen) atoms. The second-order valence-corrected chi connectivity index (χ2v) is 14.2. The molecule has 0 atom stereocenters. The van der Waals surface area contributed by atoms with Gasteiger partial charge in [-0.05, 0) is 0 Å². The van der Waals surface area contributed by atoms with E-state index in [1.165, 1.54) is 6.42 Å². The van der Waals surface area contributed by atoms with Crippen molar-refractivity contribution in [3.05, 3.63) is 22.7 Å². The fourth-order valence-electron chi connectivity index (χ4n) is 0.863. The Morgan fingerprint density at radius 3 is 2.06 bits per heavy atom. The number of rotatable bonds is 2. The molecule has 1 aliphatic carbocycles. The van der Waals surface area contributed by atoms with Gasteiger partial charge in [-0.3, -0.25) is 0 Å². The van der Waals surface area contributed by atoms with Gasteiger partial charge < -0.3 is 24.5 Å². The maximum Gasteiger partial charge on any atom is 0.259 e. The minimum atomic E-state index is -2.12. The van der Waals surface area contributed by atoms with Gasteiger partial charge in [0, 0.05) is 0 Å². The molecule has 0 bridgehead atoms. The summed E-state index contributed by atoms with van der Waals surface area (Å²) in [5, 5.41) is 18.1. The molecule has 0 N–H and O–H groups in total. The first-order valence-electron chi connectivity index (χ1n) is 4.78. The van der Waals surface area contributed by atoms with E-state index in [-0.39, 0.29) is 0 Å². The predicted octanol–water partition coefficient (Wildman–Crippen LogP) is 0.437. The molecule has 0 aliphatic heterocycles. The first kappa shape index (κ1) is 15.9. The number of ether oxygens (including phenoxy) is 1. The van der Waals surface area contributed by atoms with Crippen molar-refractivity contribution in [2.75, 3.05) is 0 Å². The Balaban J connectivity index is 0.000000325. The number of carbonyl (C=O) groups excluding carboxylic acids is 2. The molecule has 0 aromatic carbocycles. The Morgan fingerprint density at radius 1 is 1.29 bits per heavy atom. The molecule has 1 rings (SSSR count). The molecular formula is C10H14CoO5Si. The van der Waals surface area contributed by atoms with Crippen LogP contribution in [0.4, 0.5) is 9.59 Å². The number of hydrogen-bond acceptors (Lipinski definition) is 5. The third kappa shape index (κ3) is 11.2. The Bertz CT molecular complexity index is 331. The zero-order valence-electron chi connectivity index (χ0n) is 9.81. The van der Waals surface area contributed by atoms with Crippen LogP contribution in [-0.4, -0.2) is 19.0 Å². The van der Waals surface area contributed by atoms with Crippen LogP contribution in [0.3, 0.4) is 0 Å². The molecule has 97 valence electrons. The second-order valence-electron chi connectivity index (χ2n) is 3.90. The molecule has 1 aliphatic rings. The van der Waals surface area contributed by atoms with Gasteiger partial charge >= 0.3 is 69.6 Å². The van der Waals surface area contributed by atoms with Crippen molar-refractivity contribution in [1.82, 2.24) is 0 Å². The Labute approximate surface area is 107 Å². The second kappa shape index (κ2) is 7.30. The van der Waals surface area contributed by atoms with Crippen molar-refractivity contribution in [2.24, 2.45) is 0 Å². The van der Waals surface area contributed by atoms with E-state index >= 15 is 0 Å². The standard InChI is InChI=1S/C5H5.C3H9Si.C2H2O5.Co/c1-2-4-5-3-1;1-4(2)3;3-1(4)7-2(5)6;/h1-3H,4H2;1-3H3;(H,3,4)(H,5,6);/q;;;+2/p-2. The van der Waals surface area contributed by atoms with Crippen LogP contribution in [0.2, 0.25) is 19.6 Å². The van der Waals surface area contributed by atoms with Gasteiger partial charge in [-0.1, -0.05) is 0 Å². The molecular weight excluding hydrogens is 287 g/mol. The summed E-state index contributed by atoms with van der Waals surface area (Å²) in [4.78, 5) is 18.1. The van der Waals surface area contributed by atoms with Crippen molar-refractivity contribution in [1.29, 1.82) is 0 Å². The molecule has 0 unspecified atom stereocenters. The van der Waals surface area contributed by atoms with Crippen molar-refractivity contribution < 1.29 is 38.6 Å². The van der Waals surface area contributed by atoms with Crippen LogP contribution < -0.4 is 10.2 Å². The van der Waals surface area contributed by atoms with Crippen LogP contribution in [0.5, 0.6) is 0 Å². The molecule has 0 heterocycles. The van der Waals surface area contributed by atoms with Gasteiger partial charge in [-0.2, -0.15) is 0 Å². The van der Waals surface area contributed by atoms with Crippen LogP contribution in [0.15, 0.2) is 22.7 Å².